The number of piperazine rings is 1. The van der Waals surface area contributed by atoms with Crippen LogP contribution in [0.4, 0.5) is 5.69 Å². The van der Waals surface area contributed by atoms with Gasteiger partial charge in [-0.15, -0.1) is 24.0 Å². The third-order valence-corrected chi connectivity index (χ3v) is 4.21. The minimum atomic E-state index is 0. The highest BCUT2D eigenvalue weighted by molar-refractivity contribution is 14.0. The van der Waals surface area contributed by atoms with E-state index < -0.39 is 0 Å². The Hall–Kier alpha value is -1.97. The summed E-state index contributed by atoms with van der Waals surface area (Å²) >= 11 is 0. The molecule has 1 fully saturated rings. The Kier molecular flexibility index (Phi) is 7.35. The molecule has 2 N–H and O–H groups in total. The van der Waals surface area contributed by atoms with E-state index in [9.17, 15) is 0 Å². The molecule has 0 saturated carbocycles. The molecule has 3 rings (SSSR count). The standard InChI is InChI=1S/C17H24N6O.HI/c1-18-17(19-13-14-7-8-20-21-14)23-11-9-22(10-12-23)15-5-3-4-6-16(15)24-2;/h3-8H,9-13H2,1-2H3,(H,18,19)(H,20,21);1H. The number of hydrogen-bond donors (Lipinski definition) is 2. The number of aromatic amines is 1. The number of aliphatic imine (C=N–C) groups is 1. The Balaban J connectivity index is 0.00000225. The molecular weight excluding hydrogens is 431 g/mol. The largest absolute Gasteiger partial charge is 0.495 e. The number of ether oxygens (including phenoxy) is 1. The molecule has 0 aliphatic carbocycles. The monoisotopic (exact) mass is 456 g/mol. The zero-order valence-electron chi connectivity index (χ0n) is 14.6. The number of anilines is 1. The highest BCUT2D eigenvalue weighted by Gasteiger charge is 2.21. The summed E-state index contributed by atoms with van der Waals surface area (Å²) in [6.45, 7) is 4.40. The van der Waals surface area contributed by atoms with Gasteiger partial charge in [-0.1, -0.05) is 12.1 Å². The molecule has 7 nitrogen and oxygen atoms in total. The van der Waals surface area contributed by atoms with Crippen LogP contribution in [0.5, 0.6) is 5.75 Å². The number of H-pyrrole nitrogens is 1. The highest BCUT2D eigenvalue weighted by atomic mass is 127. The lowest BCUT2D eigenvalue weighted by Gasteiger charge is -2.38. The molecule has 136 valence electrons. The van der Waals surface area contributed by atoms with Crippen molar-refractivity contribution >= 4 is 35.6 Å². The lowest BCUT2D eigenvalue weighted by Crippen LogP contribution is -2.52. The van der Waals surface area contributed by atoms with Gasteiger partial charge in [-0.3, -0.25) is 10.1 Å². The first-order chi connectivity index (χ1) is 11.8. The molecule has 1 aromatic heterocycles. The first kappa shape index (κ1) is 19.4. The fourth-order valence-electron chi connectivity index (χ4n) is 2.94. The van der Waals surface area contributed by atoms with Crippen LogP contribution in [0.2, 0.25) is 0 Å². The lowest BCUT2D eigenvalue weighted by molar-refractivity contribution is 0.367. The van der Waals surface area contributed by atoms with Crippen molar-refractivity contribution in [3.63, 3.8) is 0 Å². The molecule has 2 aromatic rings. The molecule has 0 atom stereocenters. The first-order valence-electron chi connectivity index (χ1n) is 8.13. The summed E-state index contributed by atoms with van der Waals surface area (Å²) in [6.07, 6.45) is 1.76. The molecule has 0 radical (unpaired) electrons. The minimum absolute atomic E-state index is 0. The van der Waals surface area contributed by atoms with Crippen molar-refractivity contribution in [2.45, 2.75) is 6.54 Å². The average molecular weight is 456 g/mol. The smallest absolute Gasteiger partial charge is 0.194 e. The summed E-state index contributed by atoms with van der Waals surface area (Å²) in [7, 11) is 3.54. The number of aromatic nitrogens is 2. The topological polar surface area (TPSA) is 68.8 Å². The van der Waals surface area contributed by atoms with Gasteiger partial charge in [-0.05, 0) is 18.2 Å². The predicted molar refractivity (Wildman–Crippen MR) is 111 cm³/mol. The molecule has 1 aliphatic rings. The molecule has 1 saturated heterocycles. The molecule has 0 bridgehead atoms. The van der Waals surface area contributed by atoms with Crippen LogP contribution in [0.3, 0.4) is 0 Å². The number of nitrogens with one attached hydrogen (secondary N) is 2. The normalized spacial score (nSPS) is 14.9. The molecule has 0 amide bonds. The van der Waals surface area contributed by atoms with Gasteiger partial charge in [0.2, 0.25) is 0 Å². The maximum Gasteiger partial charge on any atom is 0.194 e. The van der Waals surface area contributed by atoms with Gasteiger partial charge in [-0.25, -0.2) is 0 Å². The van der Waals surface area contributed by atoms with Gasteiger partial charge >= 0.3 is 0 Å². The second kappa shape index (κ2) is 9.50. The zero-order chi connectivity index (χ0) is 16.8. The van der Waals surface area contributed by atoms with E-state index in [1.165, 1.54) is 0 Å². The van der Waals surface area contributed by atoms with Crippen molar-refractivity contribution in [3.8, 4) is 5.75 Å². The second-order valence-corrected chi connectivity index (χ2v) is 5.63. The summed E-state index contributed by atoms with van der Waals surface area (Å²) < 4.78 is 5.47. The van der Waals surface area contributed by atoms with Crippen LogP contribution in [0.15, 0.2) is 41.5 Å². The SMILES string of the molecule is CN=C(NCc1ccn[nH]1)N1CCN(c2ccccc2OC)CC1.I. The van der Waals surface area contributed by atoms with Gasteiger partial charge in [0.25, 0.3) is 0 Å². The van der Waals surface area contributed by atoms with E-state index in [4.69, 9.17) is 4.74 Å². The molecule has 8 heteroatoms. The molecule has 0 spiro atoms. The van der Waals surface area contributed by atoms with E-state index in [1.54, 1.807) is 13.3 Å². The number of para-hydroxylation sites is 2. The first-order valence-corrected chi connectivity index (χ1v) is 8.13. The Morgan fingerprint density at radius 2 is 2.00 bits per heavy atom. The van der Waals surface area contributed by atoms with Crippen LogP contribution < -0.4 is 15.0 Å². The third kappa shape index (κ3) is 4.77. The van der Waals surface area contributed by atoms with Gasteiger partial charge in [0, 0.05) is 39.4 Å². The van der Waals surface area contributed by atoms with Gasteiger partial charge in [0.05, 0.1) is 25.0 Å². The second-order valence-electron chi connectivity index (χ2n) is 5.63. The van der Waals surface area contributed by atoms with E-state index in [1.807, 2.05) is 25.2 Å². The Labute approximate surface area is 165 Å². The van der Waals surface area contributed by atoms with E-state index >= 15 is 0 Å². The summed E-state index contributed by atoms with van der Waals surface area (Å²) in [6, 6.07) is 10.1. The van der Waals surface area contributed by atoms with Gasteiger partial charge in [-0.2, -0.15) is 5.10 Å². The summed E-state index contributed by atoms with van der Waals surface area (Å²) in [5.41, 5.74) is 2.20. The van der Waals surface area contributed by atoms with E-state index in [0.717, 1.165) is 49.3 Å². The Morgan fingerprint density at radius 1 is 1.24 bits per heavy atom. The van der Waals surface area contributed by atoms with Crippen LogP contribution in [0.25, 0.3) is 0 Å². The van der Waals surface area contributed by atoms with Crippen molar-refractivity contribution in [1.29, 1.82) is 0 Å². The quantitative estimate of drug-likeness (QED) is 0.418. The Morgan fingerprint density at radius 3 is 2.64 bits per heavy atom. The van der Waals surface area contributed by atoms with Crippen LogP contribution >= 0.6 is 24.0 Å². The van der Waals surface area contributed by atoms with Crippen molar-refractivity contribution in [3.05, 3.63) is 42.2 Å². The molecule has 25 heavy (non-hydrogen) atoms. The fourth-order valence-corrected chi connectivity index (χ4v) is 2.94. The number of hydrogen-bond acceptors (Lipinski definition) is 4. The predicted octanol–water partition coefficient (Wildman–Crippen LogP) is 1.93. The number of guanidine groups is 1. The number of halogens is 1. The lowest BCUT2D eigenvalue weighted by atomic mass is 10.2. The molecular formula is C17H25IN6O. The van der Waals surface area contributed by atoms with Crippen molar-refractivity contribution in [2.24, 2.45) is 4.99 Å². The van der Waals surface area contributed by atoms with Crippen LogP contribution in [-0.2, 0) is 6.54 Å². The van der Waals surface area contributed by atoms with Gasteiger partial charge in [0.1, 0.15) is 5.75 Å². The van der Waals surface area contributed by atoms with Crippen LogP contribution in [0.1, 0.15) is 5.69 Å². The molecule has 2 heterocycles. The zero-order valence-corrected chi connectivity index (χ0v) is 16.9. The highest BCUT2D eigenvalue weighted by Crippen LogP contribution is 2.28. The molecule has 1 aliphatic heterocycles. The van der Waals surface area contributed by atoms with Crippen molar-refractivity contribution in [2.75, 3.05) is 45.2 Å². The average Bonchev–Trinajstić information content (AvgIpc) is 3.16. The van der Waals surface area contributed by atoms with E-state index in [-0.39, 0.29) is 24.0 Å². The van der Waals surface area contributed by atoms with E-state index in [2.05, 4.69) is 42.4 Å². The molecule has 0 unspecified atom stereocenters. The summed E-state index contributed by atoms with van der Waals surface area (Å²) in [5.74, 6) is 1.84. The maximum atomic E-state index is 5.47. The van der Waals surface area contributed by atoms with Gasteiger partial charge in [0.15, 0.2) is 5.96 Å². The minimum Gasteiger partial charge on any atom is -0.495 e. The Bertz CT molecular complexity index is 668. The number of benzene rings is 1. The van der Waals surface area contributed by atoms with Gasteiger partial charge < -0.3 is 19.9 Å². The van der Waals surface area contributed by atoms with Crippen LogP contribution in [0, 0.1) is 0 Å². The van der Waals surface area contributed by atoms with E-state index in [0.29, 0.717) is 6.54 Å². The van der Waals surface area contributed by atoms with Crippen molar-refractivity contribution < 1.29 is 4.74 Å². The van der Waals surface area contributed by atoms with Crippen molar-refractivity contribution in [1.82, 2.24) is 20.4 Å². The maximum absolute atomic E-state index is 5.47. The summed E-state index contributed by atoms with van der Waals surface area (Å²) in [5, 5.41) is 10.3. The number of nitrogens with zero attached hydrogens (tertiary/aromatic N) is 4. The number of rotatable bonds is 4. The number of methoxy groups -OCH3 is 1. The third-order valence-electron chi connectivity index (χ3n) is 4.21. The fraction of sp³-hybridized carbons (Fsp3) is 0.412. The summed E-state index contributed by atoms with van der Waals surface area (Å²) in [4.78, 5) is 9.04. The van der Waals surface area contributed by atoms with Crippen LogP contribution in [-0.4, -0.2) is 61.4 Å². The molecule has 1 aromatic carbocycles.